The summed E-state index contributed by atoms with van der Waals surface area (Å²) in [6, 6.07) is 5.59. The molecule has 5 heteroatoms. The zero-order valence-corrected chi connectivity index (χ0v) is 14.4. The minimum atomic E-state index is -0.676. The Bertz CT molecular complexity index is 675. The van der Waals surface area contributed by atoms with Gasteiger partial charge in [-0.25, -0.2) is 0 Å². The lowest BCUT2D eigenvalue weighted by Gasteiger charge is -2.31. The Labute approximate surface area is 142 Å². The highest BCUT2D eigenvalue weighted by Gasteiger charge is 2.30. The van der Waals surface area contributed by atoms with Crippen molar-refractivity contribution in [2.24, 2.45) is 0 Å². The van der Waals surface area contributed by atoms with Gasteiger partial charge in [0.15, 0.2) is 0 Å². The number of carbonyl (C=O) groups is 1. The minimum absolute atomic E-state index is 0.0307. The number of hydrogen-bond donors (Lipinski definition) is 2. The second-order valence-electron chi connectivity index (χ2n) is 6.78. The number of rotatable bonds is 4. The molecule has 1 saturated heterocycles. The Hall–Kier alpha value is -2.01. The van der Waals surface area contributed by atoms with Crippen molar-refractivity contribution < 1.29 is 14.3 Å². The summed E-state index contributed by atoms with van der Waals surface area (Å²) in [5.74, 6) is 0.609. The van der Waals surface area contributed by atoms with E-state index in [-0.39, 0.29) is 11.9 Å². The first-order valence-corrected chi connectivity index (χ1v) is 8.75. The van der Waals surface area contributed by atoms with Crippen molar-refractivity contribution in [3.05, 3.63) is 47.2 Å². The van der Waals surface area contributed by atoms with Crippen LogP contribution in [0.1, 0.15) is 65.7 Å². The zero-order chi connectivity index (χ0) is 17.1. The first-order valence-electron chi connectivity index (χ1n) is 8.75. The molecule has 130 valence electrons. The number of carbonyl (C=O) groups excluding carboxylic acids is 1. The van der Waals surface area contributed by atoms with Crippen molar-refractivity contribution in [1.29, 1.82) is 0 Å². The summed E-state index contributed by atoms with van der Waals surface area (Å²) in [4.78, 5) is 18.2. The van der Waals surface area contributed by atoms with Crippen molar-refractivity contribution in [2.75, 3.05) is 6.54 Å². The Morgan fingerprint density at radius 2 is 2.25 bits per heavy atom. The van der Waals surface area contributed by atoms with Crippen LogP contribution in [-0.4, -0.2) is 33.5 Å². The summed E-state index contributed by atoms with van der Waals surface area (Å²) >= 11 is 0. The van der Waals surface area contributed by atoms with Gasteiger partial charge in [0.2, 0.25) is 0 Å². The SMILES string of the molecule is Cc1cc(C)c(C(=O)N2CCCCCC2CC(O)c2ccco2)[nH]1. The van der Waals surface area contributed by atoms with E-state index in [1.807, 2.05) is 24.8 Å². The number of aliphatic hydroxyl groups excluding tert-OH is 1. The van der Waals surface area contributed by atoms with Crippen LogP contribution in [0, 0.1) is 13.8 Å². The molecule has 3 heterocycles. The van der Waals surface area contributed by atoms with Gasteiger partial charge >= 0.3 is 0 Å². The van der Waals surface area contributed by atoms with Crippen molar-refractivity contribution in [2.45, 2.75) is 58.1 Å². The molecule has 1 aliphatic rings. The van der Waals surface area contributed by atoms with E-state index >= 15 is 0 Å². The highest BCUT2D eigenvalue weighted by Crippen LogP contribution is 2.28. The zero-order valence-electron chi connectivity index (χ0n) is 14.4. The molecule has 2 aromatic rings. The average molecular weight is 330 g/mol. The lowest BCUT2D eigenvalue weighted by Crippen LogP contribution is -2.41. The summed E-state index contributed by atoms with van der Waals surface area (Å²) in [5, 5.41) is 10.4. The predicted molar refractivity (Wildman–Crippen MR) is 91.8 cm³/mol. The summed E-state index contributed by atoms with van der Waals surface area (Å²) < 4.78 is 5.31. The molecule has 0 aliphatic carbocycles. The van der Waals surface area contributed by atoms with Crippen LogP contribution in [0.25, 0.3) is 0 Å². The third-order valence-electron chi connectivity index (χ3n) is 4.87. The standard InChI is InChI=1S/C19H26N2O3/c1-13-11-14(2)20-18(13)19(23)21-9-5-3-4-7-15(21)12-16(22)17-8-6-10-24-17/h6,8,10-11,15-16,20,22H,3-5,7,9,12H2,1-2H3. The Kier molecular flexibility index (Phi) is 5.09. The molecule has 0 spiro atoms. The number of amides is 1. The molecule has 1 amide bonds. The van der Waals surface area contributed by atoms with Gasteiger partial charge in [-0.3, -0.25) is 4.79 Å². The first kappa shape index (κ1) is 16.8. The Morgan fingerprint density at radius 1 is 1.42 bits per heavy atom. The molecule has 5 nitrogen and oxygen atoms in total. The average Bonchev–Trinajstić information content (AvgIpc) is 3.13. The highest BCUT2D eigenvalue weighted by atomic mass is 16.4. The maximum absolute atomic E-state index is 13.1. The van der Waals surface area contributed by atoms with Crippen LogP contribution < -0.4 is 0 Å². The third kappa shape index (κ3) is 3.56. The van der Waals surface area contributed by atoms with Gasteiger partial charge in [0.05, 0.1) is 6.26 Å². The van der Waals surface area contributed by atoms with E-state index in [0.717, 1.165) is 43.5 Å². The number of aliphatic hydroxyl groups is 1. The second kappa shape index (κ2) is 7.26. The van der Waals surface area contributed by atoms with Crippen LogP contribution in [0.5, 0.6) is 0 Å². The molecule has 1 aliphatic heterocycles. The molecule has 0 radical (unpaired) electrons. The van der Waals surface area contributed by atoms with Gasteiger partial charge in [0.1, 0.15) is 17.6 Å². The normalized spacial score (nSPS) is 20.0. The molecule has 2 atom stereocenters. The molecule has 0 saturated carbocycles. The molecule has 3 rings (SSSR count). The topological polar surface area (TPSA) is 69.5 Å². The van der Waals surface area contributed by atoms with Gasteiger partial charge in [-0.05, 0) is 50.5 Å². The van der Waals surface area contributed by atoms with Crippen molar-refractivity contribution in [3.8, 4) is 0 Å². The highest BCUT2D eigenvalue weighted by molar-refractivity contribution is 5.94. The van der Waals surface area contributed by atoms with Crippen molar-refractivity contribution in [1.82, 2.24) is 9.88 Å². The van der Waals surface area contributed by atoms with Gasteiger partial charge in [-0.15, -0.1) is 0 Å². The van der Waals surface area contributed by atoms with E-state index in [4.69, 9.17) is 4.42 Å². The van der Waals surface area contributed by atoms with Gasteiger partial charge in [0.25, 0.3) is 5.91 Å². The number of aromatic amines is 1. The minimum Gasteiger partial charge on any atom is -0.467 e. The maximum atomic E-state index is 13.1. The molecule has 0 aromatic carbocycles. The number of hydrogen-bond acceptors (Lipinski definition) is 3. The Balaban J connectivity index is 1.79. The van der Waals surface area contributed by atoms with Gasteiger partial charge in [0, 0.05) is 24.7 Å². The van der Waals surface area contributed by atoms with E-state index in [1.54, 1.807) is 18.4 Å². The van der Waals surface area contributed by atoms with Crippen LogP contribution in [0.3, 0.4) is 0 Å². The fraction of sp³-hybridized carbons (Fsp3) is 0.526. The van der Waals surface area contributed by atoms with E-state index in [0.29, 0.717) is 17.9 Å². The monoisotopic (exact) mass is 330 g/mol. The van der Waals surface area contributed by atoms with E-state index < -0.39 is 6.10 Å². The number of aryl methyl sites for hydroxylation is 2. The number of nitrogens with one attached hydrogen (secondary N) is 1. The van der Waals surface area contributed by atoms with Crippen LogP contribution in [-0.2, 0) is 0 Å². The van der Waals surface area contributed by atoms with Gasteiger partial charge in [-0.2, -0.15) is 0 Å². The fourth-order valence-corrected chi connectivity index (χ4v) is 3.64. The largest absolute Gasteiger partial charge is 0.467 e. The molecular weight excluding hydrogens is 304 g/mol. The van der Waals surface area contributed by atoms with Gasteiger partial charge in [-0.1, -0.05) is 12.8 Å². The van der Waals surface area contributed by atoms with Crippen LogP contribution in [0.2, 0.25) is 0 Å². The van der Waals surface area contributed by atoms with Crippen LogP contribution in [0.15, 0.2) is 28.9 Å². The van der Waals surface area contributed by atoms with Crippen LogP contribution in [0.4, 0.5) is 0 Å². The fourth-order valence-electron chi connectivity index (χ4n) is 3.64. The molecule has 2 N–H and O–H groups in total. The van der Waals surface area contributed by atoms with E-state index in [1.165, 1.54) is 0 Å². The quantitative estimate of drug-likeness (QED) is 0.897. The summed E-state index contributed by atoms with van der Waals surface area (Å²) in [6.07, 6.45) is 5.55. The molecule has 0 bridgehead atoms. The third-order valence-corrected chi connectivity index (χ3v) is 4.87. The lowest BCUT2D eigenvalue weighted by atomic mass is 10.0. The van der Waals surface area contributed by atoms with Crippen molar-refractivity contribution >= 4 is 5.91 Å². The second-order valence-corrected chi connectivity index (χ2v) is 6.78. The summed E-state index contributed by atoms with van der Waals surface area (Å²) in [7, 11) is 0. The first-order chi connectivity index (χ1) is 11.6. The van der Waals surface area contributed by atoms with Gasteiger partial charge < -0.3 is 19.4 Å². The maximum Gasteiger partial charge on any atom is 0.270 e. The molecule has 2 aromatic heterocycles. The number of H-pyrrole nitrogens is 1. The molecular formula is C19H26N2O3. The number of likely N-dealkylation sites (tertiary alicyclic amines) is 1. The summed E-state index contributed by atoms with van der Waals surface area (Å²) in [6.45, 7) is 4.66. The number of furan rings is 1. The number of aromatic nitrogens is 1. The molecule has 24 heavy (non-hydrogen) atoms. The molecule has 1 fully saturated rings. The van der Waals surface area contributed by atoms with Crippen LogP contribution >= 0.6 is 0 Å². The summed E-state index contributed by atoms with van der Waals surface area (Å²) in [5.41, 5.74) is 2.65. The smallest absolute Gasteiger partial charge is 0.270 e. The van der Waals surface area contributed by atoms with E-state index in [9.17, 15) is 9.90 Å². The Morgan fingerprint density at radius 3 is 2.92 bits per heavy atom. The van der Waals surface area contributed by atoms with Crippen molar-refractivity contribution in [3.63, 3.8) is 0 Å². The predicted octanol–water partition coefficient (Wildman–Crippen LogP) is 3.73. The molecule has 2 unspecified atom stereocenters. The van der Waals surface area contributed by atoms with E-state index in [2.05, 4.69) is 4.98 Å². The lowest BCUT2D eigenvalue weighted by molar-refractivity contribution is 0.0552. The number of nitrogens with zero attached hydrogens (tertiary/aromatic N) is 1.